The van der Waals surface area contributed by atoms with E-state index < -0.39 is 0 Å². The second-order valence-electron chi connectivity index (χ2n) is 3.65. The molecule has 2 N–H and O–H groups in total. The van der Waals surface area contributed by atoms with Crippen LogP contribution >= 0.6 is 0 Å². The Kier molecular flexibility index (Phi) is 3.01. The van der Waals surface area contributed by atoms with E-state index in [-0.39, 0.29) is 5.82 Å². The zero-order chi connectivity index (χ0) is 12.3. The van der Waals surface area contributed by atoms with Crippen molar-refractivity contribution in [2.45, 2.75) is 13.3 Å². The first kappa shape index (κ1) is 11.1. The molecule has 1 heterocycles. The molecule has 0 radical (unpaired) electrons. The molecule has 2 aromatic rings. The molecule has 0 saturated heterocycles. The molecule has 17 heavy (non-hydrogen) atoms. The number of nitrogens with zero attached hydrogens (tertiary/aromatic N) is 3. The van der Waals surface area contributed by atoms with Crippen LogP contribution in [0.4, 0.5) is 5.82 Å². The van der Waals surface area contributed by atoms with Crippen molar-refractivity contribution < 1.29 is 0 Å². The summed E-state index contributed by atoms with van der Waals surface area (Å²) in [7, 11) is 0. The number of benzene rings is 1. The normalized spacial score (nSPS) is 9.88. The van der Waals surface area contributed by atoms with Crippen molar-refractivity contribution in [2.24, 2.45) is 0 Å². The van der Waals surface area contributed by atoms with Crippen LogP contribution in [0.1, 0.15) is 18.1 Å². The lowest BCUT2D eigenvalue weighted by Crippen LogP contribution is -1.98. The minimum atomic E-state index is 0.220. The lowest BCUT2D eigenvalue weighted by molar-refractivity contribution is 1.13. The molecule has 0 bridgehead atoms. The monoisotopic (exact) mass is 224 g/mol. The van der Waals surface area contributed by atoms with E-state index in [0.29, 0.717) is 11.4 Å². The molecule has 0 aliphatic carbocycles. The van der Waals surface area contributed by atoms with Gasteiger partial charge in [-0.1, -0.05) is 31.2 Å². The van der Waals surface area contributed by atoms with E-state index in [1.54, 1.807) is 0 Å². The zero-order valence-corrected chi connectivity index (χ0v) is 9.51. The van der Waals surface area contributed by atoms with Gasteiger partial charge in [-0.25, -0.2) is 9.97 Å². The molecule has 4 heteroatoms. The third kappa shape index (κ3) is 2.23. The van der Waals surface area contributed by atoms with Crippen molar-refractivity contribution in [3.63, 3.8) is 0 Å². The lowest BCUT2D eigenvalue weighted by Gasteiger charge is -2.03. The Morgan fingerprint density at radius 1 is 1.29 bits per heavy atom. The van der Waals surface area contributed by atoms with Gasteiger partial charge in [-0.3, -0.25) is 0 Å². The highest BCUT2D eigenvalue weighted by Gasteiger charge is 2.05. The van der Waals surface area contributed by atoms with Crippen LogP contribution in [0.25, 0.3) is 11.4 Å². The highest BCUT2D eigenvalue weighted by Crippen LogP contribution is 2.18. The average Bonchev–Trinajstić information content (AvgIpc) is 2.39. The largest absolute Gasteiger partial charge is 0.382 e. The summed E-state index contributed by atoms with van der Waals surface area (Å²) < 4.78 is 0. The smallest absolute Gasteiger partial charge is 0.161 e. The maximum Gasteiger partial charge on any atom is 0.161 e. The first-order chi connectivity index (χ1) is 8.24. The number of anilines is 1. The third-order valence-electron chi connectivity index (χ3n) is 2.56. The van der Waals surface area contributed by atoms with E-state index in [1.165, 1.54) is 11.8 Å². The van der Waals surface area contributed by atoms with E-state index in [4.69, 9.17) is 11.0 Å². The number of hydrogen-bond donors (Lipinski definition) is 1. The number of nitrogens with two attached hydrogens (primary N) is 1. The third-order valence-corrected chi connectivity index (χ3v) is 2.56. The summed E-state index contributed by atoms with van der Waals surface area (Å²) in [4.78, 5) is 8.24. The summed E-state index contributed by atoms with van der Waals surface area (Å²) in [6, 6.07) is 9.93. The summed E-state index contributed by atoms with van der Waals surface area (Å²) in [5, 5.41) is 8.74. The Morgan fingerprint density at radius 3 is 2.53 bits per heavy atom. The number of aryl methyl sites for hydroxylation is 1. The Hall–Kier alpha value is -2.41. The van der Waals surface area contributed by atoms with Crippen LogP contribution in [0, 0.1) is 11.3 Å². The molecule has 1 aromatic heterocycles. The van der Waals surface area contributed by atoms with Crippen molar-refractivity contribution in [2.75, 3.05) is 5.73 Å². The van der Waals surface area contributed by atoms with Gasteiger partial charge in [0.05, 0.1) is 6.20 Å². The minimum absolute atomic E-state index is 0.220. The van der Waals surface area contributed by atoms with Gasteiger partial charge >= 0.3 is 0 Å². The number of nitrogen functional groups attached to an aromatic ring is 1. The van der Waals surface area contributed by atoms with Gasteiger partial charge in [0.15, 0.2) is 5.82 Å². The van der Waals surface area contributed by atoms with Crippen LogP contribution in [0.3, 0.4) is 0 Å². The number of nitriles is 1. The Labute approximate surface area is 99.8 Å². The molecule has 2 rings (SSSR count). The van der Waals surface area contributed by atoms with Crippen LogP contribution in [0.2, 0.25) is 0 Å². The molecule has 84 valence electrons. The molecule has 0 aliphatic heterocycles. The van der Waals surface area contributed by atoms with Crippen molar-refractivity contribution in [1.82, 2.24) is 9.97 Å². The van der Waals surface area contributed by atoms with E-state index in [0.717, 1.165) is 12.0 Å². The molecule has 0 saturated carbocycles. The SMILES string of the molecule is CCc1ccc(-c2ncc(C#N)c(N)n2)cc1. The molecule has 0 aliphatic rings. The van der Waals surface area contributed by atoms with Gasteiger partial charge in [0.2, 0.25) is 0 Å². The summed E-state index contributed by atoms with van der Waals surface area (Å²) in [5.41, 5.74) is 8.12. The van der Waals surface area contributed by atoms with Crippen molar-refractivity contribution in [3.8, 4) is 17.5 Å². The fourth-order valence-corrected chi connectivity index (χ4v) is 1.51. The lowest BCUT2D eigenvalue weighted by atomic mass is 10.1. The predicted molar refractivity (Wildman–Crippen MR) is 66.0 cm³/mol. The minimum Gasteiger partial charge on any atom is -0.382 e. The maximum absolute atomic E-state index is 8.74. The first-order valence-corrected chi connectivity index (χ1v) is 5.36. The molecule has 0 amide bonds. The number of aromatic nitrogens is 2. The van der Waals surface area contributed by atoms with Crippen LogP contribution in [-0.2, 0) is 6.42 Å². The molecule has 0 atom stereocenters. The Balaban J connectivity index is 2.40. The van der Waals surface area contributed by atoms with Gasteiger partial charge in [0, 0.05) is 5.56 Å². The van der Waals surface area contributed by atoms with Crippen LogP contribution in [0.15, 0.2) is 30.5 Å². The number of rotatable bonds is 2. The molecule has 0 spiro atoms. The van der Waals surface area contributed by atoms with Crippen LogP contribution in [-0.4, -0.2) is 9.97 Å². The summed E-state index contributed by atoms with van der Waals surface area (Å²) in [5.74, 6) is 0.765. The predicted octanol–water partition coefficient (Wildman–Crippen LogP) is 2.16. The second-order valence-corrected chi connectivity index (χ2v) is 3.65. The van der Waals surface area contributed by atoms with Crippen LogP contribution < -0.4 is 5.73 Å². The molecule has 0 fully saturated rings. The molecular formula is C13H12N4. The van der Waals surface area contributed by atoms with Gasteiger partial charge in [0.25, 0.3) is 0 Å². The van der Waals surface area contributed by atoms with E-state index in [9.17, 15) is 0 Å². The average molecular weight is 224 g/mol. The van der Waals surface area contributed by atoms with Gasteiger partial charge in [-0.2, -0.15) is 5.26 Å². The first-order valence-electron chi connectivity index (χ1n) is 5.36. The van der Waals surface area contributed by atoms with E-state index >= 15 is 0 Å². The highest BCUT2D eigenvalue weighted by atomic mass is 14.9. The molecule has 4 nitrogen and oxygen atoms in total. The van der Waals surface area contributed by atoms with Crippen molar-refractivity contribution in [1.29, 1.82) is 5.26 Å². The molecule has 0 unspecified atom stereocenters. The van der Waals surface area contributed by atoms with E-state index in [1.807, 2.05) is 30.3 Å². The fourth-order valence-electron chi connectivity index (χ4n) is 1.51. The van der Waals surface area contributed by atoms with Gasteiger partial charge in [0.1, 0.15) is 17.5 Å². The van der Waals surface area contributed by atoms with Gasteiger partial charge in [-0.05, 0) is 12.0 Å². The Bertz CT molecular complexity index is 567. The van der Waals surface area contributed by atoms with Crippen molar-refractivity contribution >= 4 is 5.82 Å². The zero-order valence-electron chi connectivity index (χ0n) is 9.51. The summed E-state index contributed by atoms with van der Waals surface area (Å²) >= 11 is 0. The van der Waals surface area contributed by atoms with Gasteiger partial charge < -0.3 is 5.73 Å². The molecule has 1 aromatic carbocycles. The fraction of sp³-hybridized carbons (Fsp3) is 0.154. The molecular weight excluding hydrogens is 212 g/mol. The van der Waals surface area contributed by atoms with Crippen LogP contribution in [0.5, 0.6) is 0 Å². The topological polar surface area (TPSA) is 75.6 Å². The summed E-state index contributed by atoms with van der Waals surface area (Å²) in [6.45, 7) is 2.10. The maximum atomic E-state index is 8.74. The number of hydrogen-bond acceptors (Lipinski definition) is 4. The second kappa shape index (κ2) is 4.62. The standard InChI is InChI=1S/C13H12N4/c1-2-9-3-5-10(6-4-9)13-16-8-11(7-14)12(15)17-13/h3-6,8H,2H2,1H3,(H2,15,16,17). The van der Waals surface area contributed by atoms with E-state index in [2.05, 4.69) is 16.9 Å². The van der Waals surface area contributed by atoms with Gasteiger partial charge in [-0.15, -0.1) is 0 Å². The highest BCUT2D eigenvalue weighted by molar-refractivity contribution is 5.59. The quantitative estimate of drug-likeness (QED) is 0.848. The van der Waals surface area contributed by atoms with Crippen molar-refractivity contribution in [3.05, 3.63) is 41.6 Å². The Morgan fingerprint density at radius 2 is 2.00 bits per heavy atom. The summed E-state index contributed by atoms with van der Waals surface area (Å²) in [6.07, 6.45) is 2.45.